The number of pyridine rings is 1. The molecule has 2 aromatic carbocycles. The molecule has 4 aromatic rings. The van der Waals surface area contributed by atoms with E-state index in [9.17, 15) is 4.39 Å². The standard InChI is InChI=1S/C49H67F3N6O2Si2/c1-30(2)61(31(3)4,32(5)6)23-18-39-42(51)17-16-36-24-38(60-62(33(7)8,34(9)10)35(11)12)25-40(43(36)39)45-44(52)46-41(27-53-45)47(58-22-14-13-20-54-58)56-48(55-46)59-29-49-19-15-21-57(49)28-37(50)26-49/h13-14,16-17,24-25,27,30-35,37,54H,15,19-22,26,28-29H2,1-12H3/t37-,49+/m1/s1. The zero-order valence-corrected chi connectivity index (χ0v) is 40.9. The normalized spacial score (nSPS) is 19.9. The molecule has 0 unspecified atom stereocenters. The van der Waals surface area contributed by atoms with Crippen LogP contribution < -0.4 is 19.6 Å². The Labute approximate surface area is 369 Å². The molecule has 0 spiro atoms. The van der Waals surface area contributed by atoms with Gasteiger partial charge in [0, 0.05) is 36.7 Å². The zero-order chi connectivity index (χ0) is 44.9. The highest BCUT2D eigenvalue weighted by Gasteiger charge is 2.50. The van der Waals surface area contributed by atoms with Crippen molar-refractivity contribution in [3.05, 3.63) is 59.8 Å². The molecule has 13 heteroatoms. The molecule has 1 N–H and O–H groups in total. The first-order valence-corrected chi connectivity index (χ1v) is 27.3. The van der Waals surface area contributed by atoms with Crippen LogP contribution in [0.25, 0.3) is 32.9 Å². The summed E-state index contributed by atoms with van der Waals surface area (Å²) < 4.78 is 62.9. The van der Waals surface area contributed by atoms with Crippen LogP contribution in [0.2, 0.25) is 33.2 Å². The average molecular weight is 885 g/mol. The molecule has 0 aliphatic carbocycles. The van der Waals surface area contributed by atoms with Crippen molar-refractivity contribution in [3.63, 3.8) is 0 Å². The number of aromatic nitrogens is 3. The number of rotatable bonds is 13. The van der Waals surface area contributed by atoms with Crippen molar-refractivity contribution in [2.24, 2.45) is 0 Å². The fourth-order valence-corrected chi connectivity index (χ4v) is 22.2. The van der Waals surface area contributed by atoms with E-state index in [-0.39, 0.29) is 46.0 Å². The third-order valence-electron chi connectivity index (χ3n) is 14.6. The first-order valence-electron chi connectivity index (χ1n) is 22.9. The minimum atomic E-state index is -2.50. The molecule has 2 aromatic heterocycles. The van der Waals surface area contributed by atoms with Crippen molar-refractivity contribution in [1.82, 2.24) is 25.3 Å². The molecule has 334 valence electrons. The van der Waals surface area contributed by atoms with Crippen molar-refractivity contribution in [1.29, 1.82) is 0 Å². The van der Waals surface area contributed by atoms with Crippen LogP contribution in [0.4, 0.5) is 19.0 Å². The predicted octanol–water partition coefficient (Wildman–Crippen LogP) is 12.1. The van der Waals surface area contributed by atoms with Crippen molar-refractivity contribution >= 4 is 43.9 Å². The Morgan fingerprint density at radius 2 is 1.60 bits per heavy atom. The molecule has 2 atom stereocenters. The molecule has 0 radical (unpaired) electrons. The van der Waals surface area contributed by atoms with Gasteiger partial charge in [-0.3, -0.25) is 14.9 Å². The maximum Gasteiger partial charge on any atom is 0.319 e. The molecule has 2 fully saturated rings. The van der Waals surface area contributed by atoms with Crippen LogP contribution in [0.3, 0.4) is 0 Å². The molecule has 3 aliphatic heterocycles. The Hall–Kier alpha value is -3.97. The summed E-state index contributed by atoms with van der Waals surface area (Å²) in [7, 11) is -4.81. The minimum Gasteiger partial charge on any atom is -0.543 e. The molecule has 0 bridgehead atoms. The highest BCUT2D eigenvalue weighted by molar-refractivity contribution is 6.90. The van der Waals surface area contributed by atoms with Gasteiger partial charge in [-0.2, -0.15) is 9.97 Å². The Balaban J connectivity index is 1.48. The summed E-state index contributed by atoms with van der Waals surface area (Å²) in [6.07, 6.45) is 6.85. The number of fused-ring (bicyclic) bond motifs is 3. The molecule has 0 amide bonds. The number of nitrogens with zero attached hydrogens (tertiary/aromatic N) is 5. The van der Waals surface area contributed by atoms with Gasteiger partial charge in [-0.25, -0.2) is 18.6 Å². The lowest BCUT2D eigenvalue weighted by Crippen LogP contribution is -2.50. The summed E-state index contributed by atoms with van der Waals surface area (Å²) in [5.74, 6) is 3.27. The number of halogens is 3. The van der Waals surface area contributed by atoms with Gasteiger partial charge in [-0.05, 0) is 76.2 Å². The quantitative estimate of drug-likeness (QED) is 0.0808. The van der Waals surface area contributed by atoms with Gasteiger partial charge < -0.3 is 9.16 Å². The lowest BCUT2D eigenvalue weighted by atomic mass is 9.95. The second-order valence-corrected chi connectivity index (χ2v) is 30.8. The topological polar surface area (TPSA) is 75.6 Å². The Kier molecular flexibility index (Phi) is 13.3. The number of nitrogens with one attached hydrogen (secondary N) is 1. The Morgan fingerprint density at radius 3 is 2.23 bits per heavy atom. The fourth-order valence-electron chi connectivity index (χ4n) is 11.7. The van der Waals surface area contributed by atoms with E-state index in [4.69, 9.17) is 24.1 Å². The van der Waals surface area contributed by atoms with Gasteiger partial charge in [0.15, 0.2) is 11.6 Å². The van der Waals surface area contributed by atoms with Gasteiger partial charge in [0.05, 0.1) is 23.0 Å². The number of anilines is 1. The van der Waals surface area contributed by atoms with Crippen molar-refractivity contribution < 1.29 is 22.3 Å². The zero-order valence-electron chi connectivity index (χ0n) is 38.9. The summed E-state index contributed by atoms with van der Waals surface area (Å²) in [4.78, 5) is 16.6. The van der Waals surface area contributed by atoms with Gasteiger partial charge in [-0.15, -0.1) is 5.54 Å². The minimum absolute atomic E-state index is 0.00178. The summed E-state index contributed by atoms with van der Waals surface area (Å²) in [6, 6.07) is 7.02. The van der Waals surface area contributed by atoms with E-state index in [2.05, 4.69) is 105 Å². The first kappa shape index (κ1) is 46.0. The molecule has 0 saturated carbocycles. The van der Waals surface area contributed by atoms with Crippen LogP contribution in [-0.2, 0) is 0 Å². The van der Waals surface area contributed by atoms with Crippen LogP contribution in [-0.4, -0.2) is 80.7 Å². The molecule has 5 heterocycles. The molecule has 2 saturated heterocycles. The van der Waals surface area contributed by atoms with Crippen LogP contribution in [0, 0.1) is 23.1 Å². The SMILES string of the molecule is CC(C)[Si](C#Cc1c(F)ccc2cc(O[Si](C(C)C)(C(C)C)C(C)C)cc(-c3ncc4c(N5CC=CCN5)nc(OC[C@@]56CCCN5C[C@H](F)C6)nc4c3F)c12)(C(C)C)C(C)C. The first-order chi connectivity index (χ1) is 29.4. The third-order valence-corrected chi connectivity index (χ3v) is 26.8. The highest BCUT2D eigenvalue weighted by atomic mass is 28.4. The molecule has 3 aliphatic rings. The predicted molar refractivity (Wildman–Crippen MR) is 253 cm³/mol. The van der Waals surface area contributed by atoms with Gasteiger partial charge in [0.2, 0.25) is 0 Å². The summed E-state index contributed by atoms with van der Waals surface area (Å²) >= 11 is 0. The molecule has 7 rings (SSSR count). The molecule has 62 heavy (non-hydrogen) atoms. The smallest absolute Gasteiger partial charge is 0.319 e. The second kappa shape index (κ2) is 17.9. The Bertz CT molecular complexity index is 2350. The number of hydrogen-bond acceptors (Lipinski definition) is 8. The number of alkyl halides is 1. The van der Waals surface area contributed by atoms with E-state index in [0.29, 0.717) is 76.0 Å². The third kappa shape index (κ3) is 8.07. The van der Waals surface area contributed by atoms with Crippen LogP contribution in [0.1, 0.15) is 108 Å². The van der Waals surface area contributed by atoms with Gasteiger partial charge >= 0.3 is 6.01 Å². The van der Waals surface area contributed by atoms with Crippen LogP contribution in [0.15, 0.2) is 42.6 Å². The summed E-state index contributed by atoms with van der Waals surface area (Å²) in [5, 5.41) is 3.40. The summed E-state index contributed by atoms with van der Waals surface area (Å²) in [5.41, 5.74) is 9.05. The number of hydrogen-bond donors (Lipinski definition) is 1. The van der Waals surface area contributed by atoms with E-state index in [0.717, 1.165) is 19.4 Å². The second-order valence-electron chi connectivity index (χ2n) is 19.9. The van der Waals surface area contributed by atoms with Gasteiger partial charge in [0.25, 0.3) is 8.32 Å². The fraction of sp³-hybridized carbons (Fsp3) is 0.571. The van der Waals surface area contributed by atoms with E-state index in [1.165, 1.54) is 6.07 Å². The number of benzene rings is 2. The maximum absolute atomic E-state index is 17.9. The van der Waals surface area contributed by atoms with Crippen molar-refractivity contribution in [2.45, 2.75) is 147 Å². The van der Waals surface area contributed by atoms with E-state index in [1.54, 1.807) is 12.3 Å². The van der Waals surface area contributed by atoms with Crippen LogP contribution >= 0.6 is 0 Å². The van der Waals surface area contributed by atoms with Crippen molar-refractivity contribution in [3.8, 4) is 34.5 Å². The highest BCUT2D eigenvalue weighted by Crippen LogP contribution is 2.47. The number of hydrazine groups is 1. The largest absolute Gasteiger partial charge is 0.543 e. The lowest BCUT2D eigenvalue weighted by molar-refractivity contribution is 0.107. The van der Waals surface area contributed by atoms with Crippen molar-refractivity contribution in [2.75, 3.05) is 37.8 Å². The van der Waals surface area contributed by atoms with Gasteiger partial charge in [-0.1, -0.05) is 107 Å². The number of ether oxygens (including phenoxy) is 1. The Morgan fingerprint density at radius 1 is 0.903 bits per heavy atom. The maximum atomic E-state index is 17.9. The average Bonchev–Trinajstić information content (AvgIpc) is 3.75. The summed E-state index contributed by atoms with van der Waals surface area (Å²) in [6.45, 7) is 29.2. The lowest BCUT2D eigenvalue weighted by Gasteiger charge is -2.42. The van der Waals surface area contributed by atoms with Gasteiger partial charge in [0.1, 0.15) is 43.6 Å². The van der Waals surface area contributed by atoms with E-state index < -0.39 is 39.7 Å². The van der Waals surface area contributed by atoms with E-state index >= 15 is 8.78 Å². The van der Waals surface area contributed by atoms with E-state index in [1.807, 2.05) is 29.3 Å². The molecular weight excluding hydrogens is 818 g/mol. The molecular formula is C49H67F3N6O2Si2. The molecule has 8 nitrogen and oxygen atoms in total. The monoisotopic (exact) mass is 884 g/mol. The van der Waals surface area contributed by atoms with Crippen LogP contribution in [0.5, 0.6) is 11.8 Å².